The van der Waals surface area contributed by atoms with Crippen molar-refractivity contribution in [1.82, 2.24) is 5.32 Å². The molecule has 5 heteroatoms. The maximum Gasteiger partial charge on any atom is 0.306 e. The number of esters is 1. The van der Waals surface area contributed by atoms with Gasteiger partial charge in [0.1, 0.15) is 0 Å². The molecule has 0 radical (unpaired) electrons. The van der Waals surface area contributed by atoms with Crippen molar-refractivity contribution in [3.05, 3.63) is 21.9 Å². The van der Waals surface area contributed by atoms with Gasteiger partial charge in [-0.3, -0.25) is 9.59 Å². The van der Waals surface area contributed by atoms with Crippen molar-refractivity contribution in [1.29, 1.82) is 0 Å². The first-order valence-corrected chi connectivity index (χ1v) is 5.52. The van der Waals surface area contributed by atoms with Crippen molar-refractivity contribution >= 4 is 23.2 Å². The average molecular weight is 225 g/mol. The Kier molecular flexibility index (Phi) is 2.73. The predicted molar refractivity (Wildman–Crippen MR) is 56.0 cm³/mol. The van der Waals surface area contributed by atoms with Gasteiger partial charge < -0.3 is 10.1 Å². The van der Waals surface area contributed by atoms with Crippen LogP contribution in [-0.2, 0) is 9.53 Å². The molecule has 1 unspecified atom stereocenters. The minimum Gasteiger partial charge on any atom is -0.469 e. The Morgan fingerprint density at radius 2 is 2.53 bits per heavy atom. The molecule has 1 atom stereocenters. The highest BCUT2D eigenvalue weighted by Crippen LogP contribution is 2.30. The minimum absolute atomic E-state index is 0.0406. The van der Waals surface area contributed by atoms with Crippen LogP contribution in [0.15, 0.2) is 11.4 Å². The van der Waals surface area contributed by atoms with Crippen LogP contribution in [0.2, 0.25) is 0 Å². The SMILES string of the molecule is COC(=O)CC1CNC(=O)c2sccc21. The number of carbonyl (C=O) groups excluding carboxylic acids is 2. The second kappa shape index (κ2) is 4.02. The number of fused-ring (bicyclic) bond motifs is 1. The molecule has 0 fully saturated rings. The fraction of sp³-hybridized carbons (Fsp3) is 0.400. The first-order chi connectivity index (χ1) is 7.22. The zero-order chi connectivity index (χ0) is 10.8. The number of thiophene rings is 1. The highest BCUT2D eigenvalue weighted by Gasteiger charge is 2.28. The summed E-state index contributed by atoms with van der Waals surface area (Å²) in [4.78, 5) is 23.3. The molecule has 0 aliphatic carbocycles. The third kappa shape index (κ3) is 1.87. The molecule has 0 saturated carbocycles. The normalized spacial score (nSPS) is 19.3. The van der Waals surface area contributed by atoms with Gasteiger partial charge in [-0.25, -0.2) is 0 Å². The van der Waals surface area contributed by atoms with E-state index in [1.54, 1.807) is 0 Å². The van der Waals surface area contributed by atoms with E-state index in [1.807, 2.05) is 11.4 Å². The standard InChI is InChI=1S/C10H11NO3S/c1-14-8(12)4-6-5-11-10(13)9-7(6)2-3-15-9/h2-3,6H,4-5H2,1H3,(H,11,13). The number of carbonyl (C=O) groups is 2. The van der Waals surface area contributed by atoms with Gasteiger partial charge in [0.25, 0.3) is 5.91 Å². The number of amides is 1. The van der Waals surface area contributed by atoms with Crippen molar-refractivity contribution in [2.24, 2.45) is 0 Å². The van der Waals surface area contributed by atoms with Gasteiger partial charge in [0.2, 0.25) is 0 Å². The predicted octanol–water partition coefficient (Wildman–Crippen LogP) is 1.14. The fourth-order valence-electron chi connectivity index (χ4n) is 1.70. The Bertz CT molecular complexity index is 399. The number of hydrogen-bond donors (Lipinski definition) is 1. The van der Waals surface area contributed by atoms with Crippen LogP contribution in [0.3, 0.4) is 0 Å². The van der Waals surface area contributed by atoms with Crippen LogP contribution < -0.4 is 5.32 Å². The molecule has 0 spiro atoms. The van der Waals surface area contributed by atoms with Gasteiger partial charge >= 0.3 is 5.97 Å². The largest absolute Gasteiger partial charge is 0.469 e. The molecule has 15 heavy (non-hydrogen) atoms. The Morgan fingerprint density at radius 3 is 3.27 bits per heavy atom. The average Bonchev–Trinajstić information content (AvgIpc) is 2.71. The van der Waals surface area contributed by atoms with E-state index in [4.69, 9.17) is 0 Å². The molecule has 2 rings (SSSR count). The third-order valence-corrected chi connectivity index (χ3v) is 3.42. The monoisotopic (exact) mass is 225 g/mol. The van der Waals surface area contributed by atoms with Gasteiger partial charge in [0, 0.05) is 12.5 Å². The Labute approximate surface area is 91.2 Å². The molecule has 1 aromatic heterocycles. The second-order valence-corrected chi connectivity index (χ2v) is 4.31. The lowest BCUT2D eigenvalue weighted by Gasteiger charge is -2.21. The van der Waals surface area contributed by atoms with E-state index < -0.39 is 0 Å². The van der Waals surface area contributed by atoms with Crippen molar-refractivity contribution in [3.8, 4) is 0 Å². The van der Waals surface area contributed by atoms with Crippen LogP contribution >= 0.6 is 11.3 Å². The summed E-state index contributed by atoms with van der Waals surface area (Å²) in [7, 11) is 1.37. The van der Waals surface area contributed by atoms with Crippen LogP contribution in [0.25, 0.3) is 0 Å². The van der Waals surface area contributed by atoms with Gasteiger partial charge in [-0.15, -0.1) is 11.3 Å². The van der Waals surface area contributed by atoms with Crippen molar-refractivity contribution in [3.63, 3.8) is 0 Å². The lowest BCUT2D eigenvalue weighted by molar-refractivity contribution is -0.141. The fourth-order valence-corrected chi connectivity index (χ4v) is 2.60. The first kappa shape index (κ1) is 10.2. The summed E-state index contributed by atoms with van der Waals surface area (Å²) in [6, 6.07) is 1.91. The topological polar surface area (TPSA) is 55.4 Å². The Balaban J connectivity index is 2.21. The molecule has 1 aromatic rings. The molecule has 1 amide bonds. The lowest BCUT2D eigenvalue weighted by atomic mass is 9.93. The number of methoxy groups -OCH3 is 1. The Hall–Kier alpha value is -1.36. The number of hydrogen-bond acceptors (Lipinski definition) is 4. The maximum atomic E-state index is 11.4. The number of rotatable bonds is 2. The maximum absolute atomic E-state index is 11.4. The minimum atomic E-state index is -0.242. The third-order valence-electron chi connectivity index (χ3n) is 2.49. The summed E-state index contributed by atoms with van der Waals surface area (Å²) in [5, 5.41) is 4.64. The lowest BCUT2D eigenvalue weighted by Crippen LogP contribution is -2.34. The highest BCUT2D eigenvalue weighted by molar-refractivity contribution is 7.12. The van der Waals surface area contributed by atoms with Gasteiger partial charge in [-0.2, -0.15) is 0 Å². The van der Waals surface area contributed by atoms with E-state index in [1.165, 1.54) is 18.4 Å². The van der Waals surface area contributed by atoms with Crippen molar-refractivity contribution < 1.29 is 14.3 Å². The van der Waals surface area contributed by atoms with E-state index in [2.05, 4.69) is 10.1 Å². The Morgan fingerprint density at radius 1 is 1.73 bits per heavy atom. The van der Waals surface area contributed by atoms with E-state index >= 15 is 0 Å². The molecule has 0 bridgehead atoms. The molecule has 4 nitrogen and oxygen atoms in total. The summed E-state index contributed by atoms with van der Waals surface area (Å²) in [6.07, 6.45) is 0.320. The summed E-state index contributed by atoms with van der Waals surface area (Å²) in [5.74, 6) is -0.231. The van der Waals surface area contributed by atoms with Crippen LogP contribution in [0.1, 0.15) is 27.6 Å². The van der Waals surface area contributed by atoms with Crippen LogP contribution in [-0.4, -0.2) is 25.5 Å². The van der Waals surface area contributed by atoms with Gasteiger partial charge in [0.15, 0.2) is 0 Å². The molecule has 0 aromatic carbocycles. The molecule has 1 aliphatic rings. The zero-order valence-electron chi connectivity index (χ0n) is 8.28. The summed E-state index contributed by atoms with van der Waals surface area (Å²) < 4.78 is 4.62. The molecule has 1 N–H and O–H groups in total. The summed E-state index contributed by atoms with van der Waals surface area (Å²) in [5.41, 5.74) is 0.967. The van der Waals surface area contributed by atoms with Crippen molar-refractivity contribution in [2.45, 2.75) is 12.3 Å². The molecular weight excluding hydrogens is 214 g/mol. The second-order valence-electron chi connectivity index (χ2n) is 3.39. The zero-order valence-corrected chi connectivity index (χ0v) is 9.10. The first-order valence-electron chi connectivity index (χ1n) is 4.64. The van der Waals surface area contributed by atoms with Crippen LogP contribution in [0.4, 0.5) is 0 Å². The summed E-state index contributed by atoms with van der Waals surface area (Å²) in [6.45, 7) is 0.512. The van der Waals surface area contributed by atoms with Gasteiger partial charge in [-0.05, 0) is 17.0 Å². The van der Waals surface area contributed by atoms with E-state index in [-0.39, 0.29) is 17.8 Å². The van der Waals surface area contributed by atoms with Gasteiger partial charge in [0.05, 0.1) is 18.4 Å². The molecule has 1 aliphatic heterocycles. The quantitative estimate of drug-likeness (QED) is 0.768. The number of nitrogens with one attached hydrogen (secondary N) is 1. The smallest absolute Gasteiger partial charge is 0.306 e. The van der Waals surface area contributed by atoms with Crippen molar-refractivity contribution in [2.75, 3.05) is 13.7 Å². The highest BCUT2D eigenvalue weighted by atomic mass is 32.1. The van der Waals surface area contributed by atoms with E-state index in [0.29, 0.717) is 13.0 Å². The molecule has 0 saturated heterocycles. The molecular formula is C10H11NO3S. The van der Waals surface area contributed by atoms with E-state index in [9.17, 15) is 9.59 Å². The van der Waals surface area contributed by atoms with E-state index in [0.717, 1.165) is 10.4 Å². The number of ether oxygens (including phenoxy) is 1. The van der Waals surface area contributed by atoms with Crippen LogP contribution in [0.5, 0.6) is 0 Å². The molecule has 2 heterocycles. The molecule has 80 valence electrons. The van der Waals surface area contributed by atoms with Crippen LogP contribution in [0, 0.1) is 0 Å². The summed E-state index contributed by atoms with van der Waals surface area (Å²) >= 11 is 1.41. The van der Waals surface area contributed by atoms with Gasteiger partial charge in [-0.1, -0.05) is 0 Å².